The average molecular weight is 110 g/mol. The highest BCUT2D eigenvalue weighted by molar-refractivity contribution is 4.82. The van der Waals surface area contributed by atoms with Gasteiger partial charge in [-0.3, -0.25) is 0 Å². The van der Waals surface area contributed by atoms with Gasteiger partial charge in [-0.2, -0.15) is 0 Å². The maximum atomic E-state index is 11.0. The molecule has 0 unspecified atom stereocenters. The molecule has 0 atom stereocenters. The molecule has 0 nitrogen and oxygen atoms in total. The zero-order valence-corrected chi connectivity index (χ0v) is 3.57. The highest BCUT2D eigenvalue weighted by Crippen LogP contribution is 1.92. The van der Waals surface area contributed by atoms with Crippen molar-refractivity contribution in [3.63, 3.8) is 0 Å². The number of halogens is 3. The van der Waals surface area contributed by atoms with Gasteiger partial charge in [-0.1, -0.05) is 6.08 Å². The molecule has 0 heterocycles. The monoisotopic (exact) mass is 110 g/mol. The van der Waals surface area contributed by atoms with Gasteiger partial charge in [-0.15, -0.1) is 0 Å². The molecule has 0 aliphatic rings. The SMILES string of the molecule is FCC=CC(F)F. The van der Waals surface area contributed by atoms with E-state index in [0.29, 0.717) is 6.08 Å². The van der Waals surface area contributed by atoms with Crippen molar-refractivity contribution in [1.29, 1.82) is 0 Å². The molecule has 0 amide bonds. The Morgan fingerprint density at radius 3 is 2.14 bits per heavy atom. The number of rotatable bonds is 2. The van der Waals surface area contributed by atoms with Crippen molar-refractivity contribution in [2.24, 2.45) is 0 Å². The Kier molecular flexibility index (Phi) is 3.46. The zero-order chi connectivity index (χ0) is 5.70. The number of alkyl halides is 3. The Morgan fingerprint density at radius 2 is 2.00 bits per heavy atom. The first-order chi connectivity index (χ1) is 3.27. The van der Waals surface area contributed by atoms with Gasteiger partial charge < -0.3 is 0 Å². The average Bonchev–Trinajstić information content (AvgIpc) is 1.61. The van der Waals surface area contributed by atoms with Gasteiger partial charge in [0, 0.05) is 0 Å². The minimum Gasteiger partial charge on any atom is -0.247 e. The highest BCUT2D eigenvalue weighted by Gasteiger charge is 1.89. The van der Waals surface area contributed by atoms with Crippen LogP contribution < -0.4 is 0 Å². The molecular weight excluding hydrogens is 105 g/mol. The summed E-state index contributed by atoms with van der Waals surface area (Å²) >= 11 is 0. The topological polar surface area (TPSA) is 0 Å². The molecule has 0 rings (SSSR count). The maximum absolute atomic E-state index is 11.0. The number of hydrogen-bond donors (Lipinski definition) is 0. The largest absolute Gasteiger partial charge is 0.257 e. The van der Waals surface area contributed by atoms with Crippen LogP contribution in [0.15, 0.2) is 12.2 Å². The molecule has 0 aromatic rings. The van der Waals surface area contributed by atoms with Crippen LogP contribution in [0.25, 0.3) is 0 Å². The van der Waals surface area contributed by atoms with Gasteiger partial charge in [0.05, 0.1) is 0 Å². The van der Waals surface area contributed by atoms with E-state index in [4.69, 9.17) is 0 Å². The molecule has 0 radical (unpaired) electrons. The van der Waals surface area contributed by atoms with Crippen LogP contribution in [0.2, 0.25) is 0 Å². The molecule has 42 valence electrons. The van der Waals surface area contributed by atoms with E-state index in [9.17, 15) is 13.2 Å². The lowest BCUT2D eigenvalue weighted by Gasteiger charge is -1.80. The fourth-order valence-electron chi connectivity index (χ4n) is 0.154. The minimum atomic E-state index is -2.52. The van der Waals surface area contributed by atoms with E-state index in [1.165, 1.54) is 0 Å². The Hall–Kier alpha value is -0.470. The fourth-order valence-corrected chi connectivity index (χ4v) is 0.154. The summed E-state index contributed by atoms with van der Waals surface area (Å²) in [6.45, 7) is -0.815. The molecule has 0 aromatic carbocycles. The molecule has 0 saturated carbocycles. The van der Waals surface area contributed by atoms with E-state index in [1.807, 2.05) is 0 Å². The van der Waals surface area contributed by atoms with Crippen LogP contribution in [0.3, 0.4) is 0 Å². The Morgan fingerprint density at radius 1 is 1.43 bits per heavy atom. The molecule has 0 spiro atoms. The van der Waals surface area contributed by atoms with Crippen LogP contribution >= 0.6 is 0 Å². The molecule has 0 aliphatic carbocycles. The normalized spacial score (nSPS) is 11.4. The third-order valence-electron chi connectivity index (χ3n) is 0.371. The van der Waals surface area contributed by atoms with Crippen LogP contribution in [0.1, 0.15) is 0 Å². The predicted molar refractivity (Wildman–Crippen MR) is 21.1 cm³/mol. The van der Waals surface area contributed by atoms with Crippen LogP contribution in [-0.4, -0.2) is 13.1 Å². The Balaban J connectivity index is 3.08. The lowest BCUT2D eigenvalue weighted by molar-refractivity contribution is 0.203. The van der Waals surface area contributed by atoms with E-state index >= 15 is 0 Å². The third-order valence-corrected chi connectivity index (χ3v) is 0.371. The smallest absolute Gasteiger partial charge is 0.247 e. The summed E-state index contributed by atoms with van der Waals surface area (Å²) in [5.74, 6) is 0. The summed E-state index contributed by atoms with van der Waals surface area (Å²) in [6.07, 6.45) is -1.22. The van der Waals surface area contributed by atoms with Gasteiger partial charge in [-0.05, 0) is 6.08 Å². The second-order valence-electron chi connectivity index (χ2n) is 0.917. The lowest BCUT2D eigenvalue weighted by Crippen LogP contribution is -1.79. The molecule has 0 fully saturated rings. The maximum Gasteiger partial charge on any atom is 0.257 e. The van der Waals surface area contributed by atoms with Crippen molar-refractivity contribution in [3.8, 4) is 0 Å². The summed E-state index contributed by atoms with van der Waals surface area (Å²) in [5.41, 5.74) is 0. The zero-order valence-electron chi connectivity index (χ0n) is 3.57. The van der Waals surface area contributed by atoms with Crippen molar-refractivity contribution in [2.45, 2.75) is 6.43 Å². The molecule has 0 aliphatic heterocycles. The van der Waals surface area contributed by atoms with Crippen molar-refractivity contribution in [3.05, 3.63) is 12.2 Å². The first kappa shape index (κ1) is 6.53. The molecule has 0 aromatic heterocycles. The molecule has 0 bridgehead atoms. The quantitative estimate of drug-likeness (QED) is 0.475. The van der Waals surface area contributed by atoms with Crippen LogP contribution in [0.4, 0.5) is 13.2 Å². The number of hydrogen-bond acceptors (Lipinski definition) is 0. The van der Waals surface area contributed by atoms with Crippen molar-refractivity contribution in [1.82, 2.24) is 0 Å². The van der Waals surface area contributed by atoms with Gasteiger partial charge in [0.1, 0.15) is 6.67 Å². The fraction of sp³-hybridized carbons (Fsp3) is 0.500. The summed E-state index contributed by atoms with van der Waals surface area (Å²) in [4.78, 5) is 0. The van der Waals surface area contributed by atoms with E-state index in [-0.39, 0.29) is 0 Å². The second-order valence-corrected chi connectivity index (χ2v) is 0.917. The van der Waals surface area contributed by atoms with Gasteiger partial charge in [0.25, 0.3) is 6.43 Å². The molecular formula is C4H5F3. The van der Waals surface area contributed by atoms with E-state index in [1.54, 1.807) is 0 Å². The van der Waals surface area contributed by atoms with Crippen molar-refractivity contribution in [2.75, 3.05) is 6.67 Å². The Labute approximate surface area is 39.6 Å². The molecule has 7 heavy (non-hydrogen) atoms. The van der Waals surface area contributed by atoms with Crippen molar-refractivity contribution >= 4 is 0 Å². The summed E-state index contributed by atoms with van der Waals surface area (Å²) in [6, 6.07) is 0. The van der Waals surface area contributed by atoms with Gasteiger partial charge in [-0.25, -0.2) is 13.2 Å². The van der Waals surface area contributed by atoms with Gasteiger partial charge in [0.2, 0.25) is 0 Å². The summed E-state index contributed by atoms with van der Waals surface area (Å²) in [5, 5.41) is 0. The first-order valence-electron chi connectivity index (χ1n) is 1.78. The first-order valence-corrected chi connectivity index (χ1v) is 1.78. The molecule has 0 saturated heterocycles. The van der Waals surface area contributed by atoms with E-state index < -0.39 is 13.1 Å². The Bertz CT molecular complexity index is 58.0. The standard InChI is InChI=1S/C4H5F3/c5-3-1-2-4(6)7/h1-2,4H,3H2. The highest BCUT2D eigenvalue weighted by atomic mass is 19.3. The summed E-state index contributed by atoms with van der Waals surface area (Å²) < 4.78 is 32.9. The van der Waals surface area contributed by atoms with Gasteiger partial charge in [0.15, 0.2) is 0 Å². The second kappa shape index (κ2) is 3.71. The van der Waals surface area contributed by atoms with E-state index in [0.717, 1.165) is 6.08 Å². The lowest BCUT2D eigenvalue weighted by atomic mass is 10.5. The molecule has 3 heteroatoms. The van der Waals surface area contributed by atoms with Gasteiger partial charge >= 0.3 is 0 Å². The van der Waals surface area contributed by atoms with Crippen LogP contribution in [0, 0.1) is 0 Å². The molecule has 0 N–H and O–H groups in total. The number of allylic oxidation sites excluding steroid dienone is 2. The third kappa shape index (κ3) is 5.53. The van der Waals surface area contributed by atoms with E-state index in [2.05, 4.69) is 0 Å². The predicted octanol–water partition coefficient (Wildman–Crippen LogP) is 1.78. The summed E-state index contributed by atoms with van der Waals surface area (Å²) in [7, 11) is 0. The van der Waals surface area contributed by atoms with Crippen LogP contribution in [0.5, 0.6) is 0 Å². The van der Waals surface area contributed by atoms with Crippen LogP contribution in [-0.2, 0) is 0 Å². The minimum absolute atomic E-state index is 0.514. The van der Waals surface area contributed by atoms with Crippen molar-refractivity contribution < 1.29 is 13.2 Å².